The van der Waals surface area contributed by atoms with Crippen LogP contribution in [0.2, 0.25) is 0 Å². The lowest BCUT2D eigenvalue weighted by molar-refractivity contribution is -0.139. The first-order valence-corrected chi connectivity index (χ1v) is 8.81. The van der Waals surface area contributed by atoms with Gasteiger partial charge < -0.3 is 19.7 Å². The standard InChI is InChI=1S/C21H22N2O4/c1-3-16-21(22-14(2)24)20-17(10-7-11-18(20)27-13-19(25)26)23(16)12-15-8-5-4-6-9-15/h4-11H,3,12-13H2,1-2H3,(H,22,24)(H,25,26). The van der Waals surface area contributed by atoms with Gasteiger partial charge in [-0.2, -0.15) is 0 Å². The van der Waals surface area contributed by atoms with Gasteiger partial charge in [0.2, 0.25) is 5.91 Å². The Labute approximate surface area is 157 Å². The zero-order valence-corrected chi connectivity index (χ0v) is 15.4. The third kappa shape index (κ3) is 3.95. The zero-order valence-electron chi connectivity index (χ0n) is 15.4. The quantitative estimate of drug-likeness (QED) is 0.668. The second kappa shape index (κ2) is 7.95. The number of hydrogen-bond acceptors (Lipinski definition) is 3. The van der Waals surface area contributed by atoms with Crippen LogP contribution in [0.1, 0.15) is 25.1 Å². The minimum atomic E-state index is -1.05. The van der Waals surface area contributed by atoms with Crippen LogP contribution in [0.4, 0.5) is 5.69 Å². The molecule has 0 aliphatic rings. The van der Waals surface area contributed by atoms with Crippen molar-refractivity contribution in [2.75, 3.05) is 11.9 Å². The van der Waals surface area contributed by atoms with Gasteiger partial charge in [-0.05, 0) is 24.1 Å². The second-order valence-electron chi connectivity index (χ2n) is 6.26. The van der Waals surface area contributed by atoms with Crippen LogP contribution in [0.3, 0.4) is 0 Å². The van der Waals surface area contributed by atoms with E-state index in [-0.39, 0.29) is 5.91 Å². The summed E-state index contributed by atoms with van der Waals surface area (Å²) in [6, 6.07) is 15.6. The van der Waals surface area contributed by atoms with Gasteiger partial charge in [-0.15, -0.1) is 0 Å². The van der Waals surface area contributed by atoms with Crippen molar-refractivity contribution in [3.8, 4) is 5.75 Å². The molecule has 0 saturated heterocycles. The van der Waals surface area contributed by atoms with Gasteiger partial charge in [-0.3, -0.25) is 4.79 Å². The van der Waals surface area contributed by atoms with Gasteiger partial charge in [0.1, 0.15) is 5.75 Å². The second-order valence-corrected chi connectivity index (χ2v) is 6.26. The lowest BCUT2D eigenvalue weighted by Gasteiger charge is -2.11. The van der Waals surface area contributed by atoms with Crippen LogP contribution >= 0.6 is 0 Å². The Bertz CT molecular complexity index is 977. The highest BCUT2D eigenvalue weighted by atomic mass is 16.5. The summed E-state index contributed by atoms with van der Waals surface area (Å²) in [5.41, 5.74) is 3.67. The van der Waals surface area contributed by atoms with E-state index in [1.165, 1.54) is 6.92 Å². The van der Waals surface area contributed by atoms with Crippen LogP contribution in [0.5, 0.6) is 5.75 Å². The molecule has 0 spiro atoms. The number of anilines is 1. The third-order valence-electron chi connectivity index (χ3n) is 4.33. The van der Waals surface area contributed by atoms with Crippen LogP contribution < -0.4 is 10.1 Å². The molecule has 0 radical (unpaired) electrons. The molecule has 140 valence electrons. The molecule has 3 aromatic rings. The van der Waals surface area contributed by atoms with Crippen molar-refractivity contribution in [2.45, 2.75) is 26.8 Å². The first-order valence-electron chi connectivity index (χ1n) is 8.81. The molecular formula is C21H22N2O4. The minimum absolute atomic E-state index is 0.184. The molecule has 0 aliphatic carbocycles. The Morgan fingerprint density at radius 2 is 1.85 bits per heavy atom. The summed E-state index contributed by atoms with van der Waals surface area (Å²) in [5, 5.41) is 12.6. The fraction of sp³-hybridized carbons (Fsp3) is 0.238. The van der Waals surface area contributed by atoms with E-state index in [0.717, 1.165) is 22.2 Å². The maximum Gasteiger partial charge on any atom is 0.341 e. The summed E-state index contributed by atoms with van der Waals surface area (Å²) in [5.74, 6) is -0.788. The first kappa shape index (κ1) is 18.5. The number of carboxylic acids is 1. The van der Waals surface area contributed by atoms with E-state index in [9.17, 15) is 9.59 Å². The van der Waals surface area contributed by atoms with E-state index in [1.54, 1.807) is 6.07 Å². The Morgan fingerprint density at radius 3 is 2.48 bits per heavy atom. The number of carboxylic acid groups (broad SMARTS) is 1. The lowest BCUT2D eigenvalue weighted by atomic mass is 10.2. The number of nitrogens with one attached hydrogen (secondary N) is 1. The Kier molecular flexibility index (Phi) is 5.45. The summed E-state index contributed by atoms with van der Waals surface area (Å²) in [4.78, 5) is 22.8. The largest absolute Gasteiger partial charge is 0.481 e. The maximum atomic E-state index is 11.8. The van der Waals surface area contributed by atoms with Crippen LogP contribution in [-0.2, 0) is 22.6 Å². The van der Waals surface area contributed by atoms with Gasteiger partial charge in [0.05, 0.1) is 16.6 Å². The smallest absolute Gasteiger partial charge is 0.341 e. The minimum Gasteiger partial charge on any atom is -0.481 e. The normalized spacial score (nSPS) is 10.7. The predicted octanol–water partition coefficient (Wildman–Crippen LogP) is 3.67. The van der Waals surface area contributed by atoms with Crippen molar-refractivity contribution in [1.29, 1.82) is 0 Å². The average Bonchev–Trinajstić information content (AvgIpc) is 2.93. The van der Waals surface area contributed by atoms with Crippen molar-refractivity contribution < 1.29 is 19.4 Å². The van der Waals surface area contributed by atoms with Gasteiger partial charge >= 0.3 is 5.97 Å². The Balaban J connectivity index is 2.20. The average molecular weight is 366 g/mol. The molecular weight excluding hydrogens is 344 g/mol. The Morgan fingerprint density at radius 1 is 1.11 bits per heavy atom. The van der Waals surface area contributed by atoms with Gasteiger partial charge in [0, 0.05) is 19.2 Å². The van der Waals surface area contributed by atoms with Crippen molar-refractivity contribution in [3.63, 3.8) is 0 Å². The van der Waals surface area contributed by atoms with Gasteiger partial charge in [-0.25, -0.2) is 4.79 Å². The van der Waals surface area contributed by atoms with Crippen molar-refractivity contribution in [2.24, 2.45) is 0 Å². The molecule has 6 heteroatoms. The zero-order chi connectivity index (χ0) is 19.4. The number of nitrogens with zero attached hydrogens (tertiary/aromatic N) is 1. The number of amides is 1. The molecule has 1 heterocycles. The lowest BCUT2D eigenvalue weighted by Crippen LogP contribution is -2.11. The number of fused-ring (bicyclic) bond motifs is 1. The molecule has 2 N–H and O–H groups in total. The molecule has 27 heavy (non-hydrogen) atoms. The summed E-state index contributed by atoms with van der Waals surface area (Å²) < 4.78 is 7.64. The van der Waals surface area contributed by atoms with Gasteiger partial charge in [0.15, 0.2) is 6.61 Å². The van der Waals surface area contributed by atoms with E-state index in [4.69, 9.17) is 9.84 Å². The van der Waals surface area contributed by atoms with Crippen molar-refractivity contribution in [3.05, 3.63) is 59.8 Å². The maximum absolute atomic E-state index is 11.8. The number of benzene rings is 2. The topological polar surface area (TPSA) is 80.6 Å². The van der Waals surface area contributed by atoms with Crippen molar-refractivity contribution >= 4 is 28.5 Å². The number of carbonyl (C=O) groups is 2. The summed E-state index contributed by atoms with van der Waals surface area (Å²) in [7, 11) is 0. The van der Waals surface area contributed by atoms with Crippen LogP contribution in [0, 0.1) is 0 Å². The molecule has 2 aromatic carbocycles. The van der Waals surface area contributed by atoms with E-state index >= 15 is 0 Å². The van der Waals surface area contributed by atoms with Crippen LogP contribution in [0.15, 0.2) is 48.5 Å². The number of hydrogen-bond donors (Lipinski definition) is 2. The molecule has 0 bridgehead atoms. The molecule has 0 atom stereocenters. The number of ether oxygens (including phenoxy) is 1. The van der Waals surface area contributed by atoms with E-state index < -0.39 is 12.6 Å². The van der Waals surface area contributed by atoms with E-state index in [1.807, 2.05) is 49.4 Å². The van der Waals surface area contributed by atoms with E-state index in [0.29, 0.717) is 24.4 Å². The van der Waals surface area contributed by atoms with Crippen LogP contribution in [0.25, 0.3) is 10.9 Å². The molecule has 0 aliphatic heterocycles. The van der Waals surface area contributed by atoms with Gasteiger partial charge in [-0.1, -0.05) is 43.3 Å². The summed E-state index contributed by atoms with van der Waals surface area (Å²) >= 11 is 0. The highest BCUT2D eigenvalue weighted by Gasteiger charge is 2.20. The molecule has 6 nitrogen and oxygen atoms in total. The predicted molar refractivity (Wildman–Crippen MR) is 104 cm³/mol. The summed E-state index contributed by atoms with van der Waals surface area (Å²) in [6.45, 7) is 3.69. The molecule has 3 rings (SSSR count). The molecule has 0 unspecified atom stereocenters. The fourth-order valence-corrected chi connectivity index (χ4v) is 3.31. The molecule has 0 saturated carbocycles. The number of carbonyl (C=O) groups excluding carboxylic acids is 1. The van der Waals surface area contributed by atoms with E-state index in [2.05, 4.69) is 9.88 Å². The summed E-state index contributed by atoms with van der Waals surface area (Å²) in [6.07, 6.45) is 0.704. The monoisotopic (exact) mass is 366 g/mol. The third-order valence-corrected chi connectivity index (χ3v) is 4.33. The molecule has 0 fully saturated rings. The van der Waals surface area contributed by atoms with Crippen LogP contribution in [-0.4, -0.2) is 28.2 Å². The van der Waals surface area contributed by atoms with Gasteiger partial charge in [0.25, 0.3) is 0 Å². The molecule has 1 aromatic heterocycles. The highest BCUT2D eigenvalue weighted by Crippen LogP contribution is 2.38. The first-order chi connectivity index (χ1) is 13.0. The molecule has 1 amide bonds. The Hall–Kier alpha value is -3.28. The highest BCUT2D eigenvalue weighted by molar-refractivity contribution is 6.06. The number of aromatic nitrogens is 1. The number of aliphatic carboxylic acids is 1. The fourth-order valence-electron chi connectivity index (χ4n) is 3.31. The SMILES string of the molecule is CCc1c(NC(C)=O)c2c(OCC(=O)O)cccc2n1Cc1ccccc1. The van der Waals surface area contributed by atoms with Crippen molar-refractivity contribution in [1.82, 2.24) is 4.57 Å². The number of rotatable bonds is 7.